The van der Waals surface area contributed by atoms with Gasteiger partial charge in [0.2, 0.25) is 5.91 Å². The van der Waals surface area contributed by atoms with E-state index in [2.05, 4.69) is 5.32 Å². The van der Waals surface area contributed by atoms with Crippen molar-refractivity contribution < 1.29 is 29.6 Å². The molecule has 0 spiro atoms. The van der Waals surface area contributed by atoms with E-state index in [9.17, 15) is 20.1 Å². The average Bonchev–Trinajstić information content (AvgIpc) is 2.50. The molecule has 1 aliphatic rings. The van der Waals surface area contributed by atoms with Gasteiger partial charge in [0.15, 0.2) is 6.29 Å². The van der Waals surface area contributed by atoms with Gasteiger partial charge in [0, 0.05) is 6.92 Å². The number of aliphatic hydroxyl groups is 3. The molecule has 1 amide bonds. The third kappa shape index (κ3) is 4.02. The molecule has 0 aliphatic carbocycles. The van der Waals surface area contributed by atoms with Crippen molar-refractivity contribution in [3.8, 4) is 0 Å². The molecule has 2 rings (SSSR count). The van der Waals surface area contributed by atoms with Crippen molar-refractivity contribution in [1.29, 1.82) is 0 Å². The van der Waals surface area contributed by atoms with E-state index in [1.54, 1.807) is 0 Å². The van der Waals surface area contributed by atoms with Crippen molar-refractivity contribution in [2.24, 2.45) is 0 Å². The predicted molar refractivity (Wildman–Crippen MR) is 76.6 cm³/mol. The van der Waals surface area contributed by atoms with Gasteiger partial charge in [-0.15, -0.1) is 0 Å². The van der Waals surface area contributed by atoms with Crippen molar-refractivity contribution in [2.75, 3.05) is 6.61 Å². The van der Waals surface area contributed by atoms with Crippen LogP contribution in [-0.2, 0) is 20.9 Å². The highest BCUT2D eigenvalue weighted by Crippen LogP contribution is 2.23. The number of hydrogen-bond donors (Lipinski definition) is 4. The maximum Gasteiger partial charge on any atom is 0.217 e. The number of carbonyl (C=O) groups excluding carboxylic acids is 1. The third-order valence-corrected chi connectivity index (χ3v) is 3.53. The van der Waals surface area contributed by atoms with Gasteiger partial charge in [0.25, 0.3) is 0 Å². The molecule has 22 heavy (non-hydrogen) atoms. The summed E-state index contributed by atoms with van der Waals surface area (Å²) in [7, 11) is 0. The number of nitrogens with one attached hydrogen (secondary N) is 1. The molecule has 0 aromatic heterocycles. The first kappa shape index (κ1) is 16.9. The Morgan fingerprint density at radius 2 is 2.00 bits per heavy atom. The van der Waals surface area contributed by atoms with E-state index >= 15 is 0 Å². The molecule has 1 saturated heterocycles. The smallest absolute Gasteiger partial charge is 0.217 e. The zero-order chi connectivity index (χ0) is 16.1. The minimum atomic E-state index is -1.37. The van der Waals surface area contributed by atoms with Crippen LogP contribution in [0, 0.1) is 0 Å². The van der Waals surface area contributed by atoms with Gasteiger partial charge in [-0.1, -0.05) is 30.3 Å². The maximum absolute atomic E-state index is 11.3. The van der Waals surface area contributed by atoms with Crippen LogP contribution >= 0.6 is 0 Å². The van der Waals surface area contributed by atoms with Crippen molar-refractivity contribution in [1.82, 2.24) is 5.32 Å². The highest BCUT2D eigenvalue weighted by atomic mass is 16.6. The van der Waals surface area contributed by atoms with Gasteiger partial charge in [-0.05, 0) is 5.56 Å². The van der Waals surface area contributed by atoms with Crippen LogP contribution in [0.1, 0.15) is 12.5 Å². The van der Waals surface area contributed by atoms with E-state index < -0.39 is 37.3 Å². The largest absolute Gasteiger partial charge is 0.394 e. The van der Waals surface area contributed by atoms with E-state index in [-0.39, 0.29) is 12.5 Å². The number of aliphatic hydroxyl groups excluding tert-OH is 3. The fourth-order valence-electron chi connectivity index (χ4n) is 2.44. The third-order valence-electron chi connectivity index (χ3n) is 3.53. The fraction of sp³-hybridized carbons (Fsp3) is 0.533. The molecule has 2 unspecified atom stereocenters. The lowest BCUT2D eigenvalue weighted by Crippen LogP contribution is -2.64. The van der Waals surface area contributed by atoms with E-state index in [1.165, 1.54) is 6.92 Å². The molecule has 122 valence electrons. The zero-order valence-corrected chi connectivity index (χ0v) is 12.3. The van der Waals surface area contributed by atoms with Crippen molar-refractivity contribution in [3.63, 3.8) is 0 Å². The Morgan fingerprint density at radius 3 is 2.59 bits per heavy atom. The molecular formula is C15H21NO6. The summed E-state index contributed by atoms with van der Waals surface area (Å²) < 4.78 is 10.8. The lowest BCUT2D eigenvalue weighted by molar-refractivity contribution is -0.263. The zero-order valence-electron chi connectivity index (χ0n) is 12.3. The summed E-state index contributed by atoms with van der Waals surface area (Å²) in [5, 5.41) is 31.9. The minimum absolute atomic E-state index is 0.198. The van der Waals surface area contributed by atoms with E-state index in [4.69, 9.17) is 9.47 Å². The van der Waals surface area contributed by atoms with Gasteiger partial charge < -0.3 is 30.1 Å². The quantitative estimate of drug-likeness (QED) is 0.564. The average molecular weight is 311 g/mol. The SMILES string of the molecule is CC(=O)NC1[C@H](O)OC(CO)[C@@H](O)[C@@H]1OCc1ccccc1. The molecule has 1 heterocycles. The van der Waals surface area contributed by atoms with Crippen LogP contribution in [0.3, 0.4) is 0 Å². The van der Waals surface area contributed by atoms with Gasteiger partial charge in [-0.2, -0.15) is 0 Å². The summed E-state index contributed by atoms with van der Waals surface area (Å²) in [6.45, 7) is 1.03. The minimum Gasteiger partial charge on any atom is -0.394 e. The summed E-state index contributed by atoms with van der Waals surface area (Å²) in [6.07, 6.45) is -4.41. The summed E-state index contributed by atoms with van der Waals surface area (Å²) in [4.78, 5) is 11.3. The maximum atomic E-state index is 11.3. The highest BCUT2D eigenvalue weighted by Gasteiger charge is 2.45. The first-order valence-electron chi connectivity index (χ1n) is 7.08. The second-order valence-electron chi connectivity index (χ2n) is 5.23. The van der Waals surface area contributed by atoms with Gasteiger partial charge in [0.1, 0.15) is 24.4 Å². The number of amides is 1. The second kappa shape index (κ2) is 7.66. The Labute approximate surface area is 128 Å². The van der Waals surface area contributed by atoms with Gasteiger partial charge in [0.05, 0.1) is 13.2 Å². The van der Waals surface area contributed by atoms with Crippen LogP contribution in [0.4, 0.5) is 0 Å². The van der Waals surface area contributed by atoms with Crippen molar-refractivity contribution in [3.05, 3.63) is 35.9 Å². The standard InChI is InChI=1S/C15H21NO6/c1-9(18)16-12-14(13(19)11(7-17)22-15(12)20)21-8-10-5-3-2-4-6-10/h2-6,11-15,17,19-20H,7-8H2,1H3,(H,16,18)/t11?,12?,13-,14-,15-/m1/s1. The molecule has 1 fully saturated rings. The van der Waals surface area contributed by atoms with E-state index in [0.717, 1.165) is 5.56 Å². The number of ether oxygens (including phenoxy) is 2. The van der Waals surface area contributed by atoms with Crippen LogP contribution in [0.15, 0.2) is 30.3 Å². The van der Waals surface area contributed by atoms with E-state index in [0.29, 0.717) is 0 Å². The Balaban J connectivity index is 2.10. The molecule has 4 N–H and O–H groups in total. The van der Waals surface area contributed by atoms with E-state index in [1.807, 2.05) is 30.3 Å². The summed E-state index contributed by atoms with van der Waals surface area (Å²) in [5.74, 6) is -0.379. The van der Waals surface area contributed by atoms with Crippen LogP contribution in [0.5, 0.6) is 0 Å². The van der Waals surface area contributed by atoms with Crippen molar-refractivity contribution >= 4 is 5.91 Å². The molecule has 0 bridgehead atoms. The molecular weight excluding hydrogens is 290 g/mol. The first-order chi connectivity index (χ1) is 10.5. The second-order valence-corrected chi connectivity index (χ2v) is 5.23. The van der Waals surface area contributed by atoms with Crippen LogP contribution in [0.25, 0.3) is 0 Å². The van der Waals surface area contributed by atoms with Crippen LogP contribution in [0.2, 0.25) is 0 Å². The number of rotatable bonds is 5. The van der Waals surface area contributed by atoms with Crippen LogP contribution < -0.4 is 5.32 Å². The molecule has 0 radical (unpaired) electrons. The lowest BCUT2D eigenvalue weighted by atomic mass is 9.96. The summed E-state index contributed by atoms with van der Waals surface area (Å²) in [6, 6.07) is 8.39. The van der Waals surface area contributed by atoms with Crippen molar-refractivity contribution in [2.45, 2.75) is 44.2 Å². The Kier molecular flexibility index (Phi) is 5.87. The van der Waals surface area contributed by atoms with Gasteiger partial charge in [-0.25, -0.2) is 0 Å². The number of carbonyl (C=O) groups is 1. The molecule has 7 heteroatoms. The Bertz CT molecular complexity index is 482. The fourth-order valence-corrected chi connectivity index (χ4v) is 2.44. The van der Waals surface area contributed by atoms with Gasteiger partial charge in [-0.3, -0.25) is 4.79 Å². The molecule has 0 saturated carbocycles. The molecule has 5 atom stereocenters. The molecule has 1 aromatic rings. The molecule has 1 aliphatic heterocycles. The topological polar surface area (TPSA) is 108 Å². The summed E-state index contributed by atoms with van der Waals surface area (Å²) >= 11 is 0. The number of hydrogen-bond acceptors (Lipinski definition) is 6. The monoisotopic (exact) mass is 311 g/mol. The van der Waals surface area contributed by atoms with Crippen LogP contribution in [-0.4, -0.2) is 58.5 Å². The summed E-state index contributed by atoms with van der Waals surface area (Å²) in [5.41, 5.74) is 0.887. The predicted octanol–water partition coefficient (Wildman–Crippen LogP) is -0.853. The normalized spacial score (nSPS) is 31.7. The molecule has 1 aromatic carbocycles. The Hall–Kier alpha value is -1.51. The molecule has 7 nitrogen and oxygen atoms in total. The Morgan fingerprint density at radius 1 is 1.32 bits per heavy atom. The van der Waals surface area contributed by atoms with Gasteiger partial charge >= 0.3 is 0 Å². The highest BCUT2D eigenvalue weighted by molar-refractivity contribution is 5.73. The lowest BCUT2D eigenvalue weighted by Gasteiger charge is -2.42. The first-order valence-corrected chi connectivity index (χ1v) is 7.08. The number of benzene rings is 1.